The average Bonchev–Trinajstić information content (AvgIpc) is 2.87. The van der Waals surface area contributed by atoms with Crippen molar-refractivity contribution < 1.29 is 18.8 Å². The lowest BCUT2D eigenvalue weighted by Crippen LogP contribution is -2.67. The van der Waals surface area contributed by atoms with Crippen molar-refractivity contribution in [2.45, 2.75) is 106 Å². The van der Waals surface area contributed by atoms with Crippen molar-refractivity contribution in [3.63, 3.8) is 0 Å². The first-order chi connectivity index (χ1) is 18.4. The van der Waals surface area contributed by atoms with E-state index in [0.717, 1.165) is 50.5 Å². The molecule has 218 valence electrons. The first kappa shape index (κ1) is 29.2. The fourth-order valence-electron chi connectivity index (χ4n) is 9.95. The molecule has 0 aromatic carbocycles. The van der Waals surface area contributed by atoms with Crippen LogP contribution in [0.3, 0.4) is 0 Å². The number of carbonyl (C=O) groups excluding carboxylic acids is 3. The molecule has 0 heterocycles. The Hall–Kier alpha value is -2.29. The van der Waals surface area contributed by atoms with Crippen LogP contribution in [-0.4, -0.2) is 29.7 Å². The molecule has 7 atom stereocenters. The number of hydrogen-bond donors (Lipinski definition) is 1. The highest BCUT2D eigenvalue weighted by molar-refractivity contribution is 6.04. The maximum atomic E-state index is 14.4. The molecule has 5 rings (SSSR count). The summed E-state index contributed by atoms with van der Waals surface area (Å²) in [6.45, 7) is 15.4. The summed E-state index contributed by atoms with van der Waals surface area (Å²) in [5, 5.41) is 13.2. The number of hydrogen-bond acceptors (Lipinski definition) is 4. The molecule has 3 saturated carbocycles. The predicted molar refractivity (Wildman–Crippen MR) is 152 cm³/mol. The van der Waals surface area contributed by atoms with Crippen molar-refractivity contribution in [2.24, 2.45) is 50.7 Å². The lowest BCUT2D eigenvalue weighted by molar-refractivity contribution is -0.149. The summed E-state index contributed by atoms with van der Waals surface area (Å²) in [6.07, 6.45) is 9.70. The zero-order chi connectivity index (χ0) is 29.7. The Kier molecular flexibility index (Phi) is 6.47. The highest BCUT2D eigenvalue weighted by atomic mass is 19.1. The molecule has 0 aromatic rings. The number of carbonyl (C=O) groups is 3. The van der Waals surface area contributed by atoms with Gasteiger partial charge in [0.05, 0.1) is 11.0 Å². The first-order valence-electron chi connectivity index (χ1n) is 15.2. The smallest absolute Gasteiger partial charge is 0.228 e. The zero-order valence-corrected chi connectivity index (χ0v) is 25.7. The molecule has 5 aliphatic rings. The lowest BCUT2D eigenvalue weighted by Gasteiger charge is -2.65. The monoisotopic (exact) mass is 550 g/mol. The second-order valence-corrected chi connectivity index (χ2v) is 16.2. The van der Waals surface area contributed by atoms with Crippen molar-refractivity contribution in [3.05, 3.63) is 23.3 Å². The molecule has 7 unspecified atom stereocenters. The van der Waals surface area contributed by atoms with Gasteiger partial charge >= 0.3 is 0 Å². The van der Waals surface area contributed by atoms with Crippen molar-refractivity contribution in [3.8, 4) is 6.07 Å². The van der Waals surface area contributed by atoms with Gasteiger partial charge in [-0.3, -0.25) is 14.4 Å². The molecule has 1 amide bonds. The quantitative estimate of drug-likeness (QED) is 0.425. The van der Waals surface area contributed by atoms with E-state index in [9.17, 15) is 24.0 Å². The van der Waals surface area contributed by atoms with Crippen LogP contribution in [-0.2, 0) is 14.4 Å². The normalized spacial score (nSPS) is 41.7. The van der Waals surface area contributed by atoms with E-state index >= 15 is 0 Å². The molecule has 3 fully saturated rings. The van der Waals surface area contributed by atoms with Crippen LogP contribution >= 0.6 is 0 Å². The number of fused-ring (bicyclic) bond motifs is 7. The summed E-state index contributed by atoms with van der Waals surface area (Å²) in [6, 6.07) is 2.16. The number of nitrogens with zero attached hydrogens (tertiary/aromatic N) is 1. The summed E-state index contributed by atoms with van der Waals surface area (Å²) in [5.41, 5.74) is -1.75. The minimum absolute atomic E-state index is 0.0170. The Morgan fingerprint density at radius 1 is 1.05 bits per heavy atom. The summed E-state index contributed by atoms with van der Waals surface area (Å²) in [7, 11) is 0. The number of nitriles is 1. The maximum Gasteiger partial charge on any atom is 0.228 e. The Bertz CT molecular complexity index is 1270. The molecule has 0 aliphatic heterocycles. The van der Waals surface area contributed by atoms with Crippen LogP contribution in [0.2, 0.25) is 0 Å². The molecule has 0 saturated heterocycles. The maximum absolute atomic E-state index is 14.4. The molecule has 1 N–H and O–H groups in total. The van der Waals surface area contributed by atoms with Crippen molar-refractivity contribution in [2.75, 3.05) is 6.67 Å². The van der Waals surface area contributed by atoms with Gasteiger partial charge in [-0.2, -0.15) is 5.26 Å². The summed E-state index contributed by atoms with van der Waals surface area (Å²) in [5.74, 6) is -0.333. The number of amides is 1. The van der Waals surface area contributed by atoms with Crippen LogP contribution in [0, 0.1) is 62.1 Å². The number of ketones is 2. The van der Waals surface area contributed by atoms with Gasteiger partial charge in [0.15, 0.2) is 11.6 Å². The third-order valence-electron chi connectivity index (χ3n) is 12.4. The molecule has 0 radical (unpaired) electrons. The molecule has 0 bridgehead atoms. The van der Waals surface area contributed by atoms with Crippen LogP contribution in [0.25, 0.3) is 0 Å². The van der Waals surface area contributed by atoms with Crippen LogP contribution < -0.4 is 5.32 Å². The fourth-order valence-corrected chi connectivity index (χ4v) is 9.95. The first-order valence-corrected chi connectivity index (χ1v) is 15.2. The highest BCUT2D eigenvalue weighted by Crippen LogP contribution is 2.69. The standard InChI is InChI=1S/C34H47FN2O3/c1-29(2)13-14-34(37-28(40)30(3,4)19-35)12-9-21-26(22(34)17-29)23(38)15-25-32(21,7)11-10-24-31(5,6)27(39)20(18-36)16-33(24,25)8/h15-16,21-22,24,26H,9-14,17,19H2,1-8H3,(H,37,40). The third kappa shape index (κ3) is 3.92. The Balaban J connectivity index is 1.61. The number of allylic oxidation sites excluding steroid dienone is 4. The second-order valence-electron chi connectivity index (χ2n) is 16.2. The zero-order valence-electron chi connectivity index (χ0n) is 25.7. The van der Waals surface area contributed by atoms with E-state index < -0.39 is 28.5 Å². The summed E-state index contributed by atoms with van der Waals surface area (Å²) < 4.78 is 13.8. The SMILES string of the molecule is CC1(C)CCC2(NC(=O)C(C)(C)CF)CCC3C(C(=O)C=C4C5(C)C=C(C#N)C(=O)C(C)(C)C5CCC43C)C2C1. The van der Waals surface area contributed by atoms with E-state index in [1.807, 2.05) is 26.0 Å². The van der Waals surface area contributed by atoms with E-state index in [2.05, 4.69) is 39.1 Å². The molecule has 6 heteroatoms. The topological polar surface area (TPSA) is 87.0 Å². The number of nitrogens with one attached hydrogen (secondary N) is 1. The Morgan fingerprint density at radius 2 is 1.73 bits per heavy atom. The highest BCUT2D eigenvalue weighted by Gasteiger charge is 2.66. The number of alkyl halides is 1. The molecule has 0 aromatic heterocycles. The van der Waals surface area contributed by atoms with Gasteiger partial charge in [0.1, 0.15) is 12.7 Å². The van der Waals surface area contributed by atoms with Crippen molar-refractivity contribution in [1.82, 2.24) is 5.32 Å². The minimum Gasteiger partial charge on any atom is -0.350 e. The van der Waals surface area contributed by atoms with Gasteiger partial charge < -0.3 is 5.32 Å². The summed E-state index contributed by atoms with van der Waals surface area (Å²) in [4.78, 5) is 40.9. The van der Waals surface area contributed by atoms with Gasteiger partial charge in [-0.1, -0.05) is 53.2 Å². The molecular weight excluding hydrogens is 503 g/mol. The molecule has 40 heavy (non-hydrogen) atoms. The van der Waals surface area contributed by atoms with Crippen LogP contribution in [0.15, 0.2) is 23.3 Å². The molecule has 5 aliphatic carbocycles. The molecular formula is C34H47FN2O3. The van der Waals surface area contributed by atoms with Crippen LogP contribution in [0.4, 0.5) is 4.39 Å². The summed E-state index contributed by atoms with van der Waals surface area (Å²) >= 11 is 0. The fraction of sp³-hybridized carbons (Fsp3) is 0.765. The van der Waals surface area contributed by atoms with Crippen molar-refractivity contribution in [1.29, 1.82) is 5.26 Å². The van der Waals surface area contributed by atoms with Crippen molar-refractivity contribution >= 4 is 17.5 Å². The Morgan fingerprint density at radius 3 is 2.35 bits per heavy atom. The van der Waals surface area contributed by atoms with Crippen LogP contribution in [0.1, 0.15) is 100 Å². The van der Waals surface area contributed by atoms with E-state index in [-0.39, 0.29) is 57.5 Å². The van der Waals surface area contributed by atoms with Gasteiger partial charge in [0.2, 0.25) is 5.91 Å². The second kappa shape index (κ2) is 8.85. The van der Waals surface area contributed by atoms with Gasteiger partial charge in [0.25, 0.3) is 0 Å². The van der Waals surface area contributed by atoms with E-state index in [4.69, 9.17) is 0 Å². The van der Waals surface area contributed by atoms with Gasteiger partial charge in [0, 0.05) is 22.3 Å². The minimum atomic E-state index is -1.11. The van der Waals surface area contributed by atoms with Gasteiger partial charge in [-0.05, 0) is 93.5 Å². The number of Topliss-reactive ketones (excluding diaryl/α,β-unsaturated/α-hetero) is 1. The third-order valence-corrected chi connectivity index (χ3v) is 12.4. The van der Waals surface area contributed by atoms with Crippen LogP contribution in [0.5, 0.6) is 0 Å². The average molecular weight is 551 g/mol. The van der Waals surface area contributed by atoms with E-state index in [0.29, 0.717) is 0 Å². The molecule has 5 nitrogen and oxygen atoms in total. The predicted octanol–water partition coefficient (Wildman–Crippen LogP) is 6.68. The van der Waals surface area contributed by atoms with Gasteiger partial charge in [-0.25, -0.2) is 4.39 Å². The van der Waals surface area contributed by atoms with E-state index in [1.165, 1.54) is 0 Å². The van der Waals surface area contributed by atoms with E-state index in [1.54, 1.807) is 13.8 Å². The largest absolute Gasteiger partial charge is 0.350 e. The molecule has 0 spiro atoms. The van der Waals surface area contributed by atoms with Gasteiger partial charge in [-0.15, -0.1) is 0 Å². The number of halogens is 1. The lowest BCUT2D eigenvalue weighted by atomic mass is 9.39. The number of rotatable bonds is 3. The Labute approximate surface area is 239 Å².